The number of rotatable bonds is 4. The molecule has 0 saturated heterocycles. The second-order valence-corrected chi connectivity index (χ2v) is 2.03. The van der Waals surface area contributed by atoms with Crippen LogP contribution in [0.1, 0.15) is 27.7 Å². The van der Waals surface area contributed by atoms with Crippen molar-refractivity contribution in [1.29, 1.82) is 0 Å². The Bertz CT molecular complexity index is 143. The molecule has 0 heterocycles. The monoisotopic (exact) mass is 167 g/mol. The van der Waals surface area contributed by atoms with Gasteiger partial charge in [-0.15, -0.1) is 0 Å². The Morgan fingerprint density at radius 1 is 1.42 bits per heavy atom. The molecule has 0 aromatic rings. The van der Waals surface area contributed by atoms with Crippen LogP contribution in [-0.4, -0.2) is 6.54 Å². The van der Waals surface area contributed by atoms with Gasteiger partial charge < -0.3 is 5.32 Å². The van der Waals surface area contributed by atoms with E-state index < -0.39 is 0 Å². The minimum Gasteiger partial charge on any atom is -0.391 e. The summed E-state index contributed by atoms with van der Waals surface area (Å²) in [5.74, 6) is 0. The van der Waals surface area contributed by atoms with Crippen molar-refractivity contribution >= 4 is 0 Å². The standard InChI is InChI=1S/C9H15N.C2H6/c1-4-9(3)7-6-8-10-5-2;1-2/h4,6-8,10H,1,5H2,2-3H3;1-2H3/b8-6+,9-7-;. The molecule has 0 fully saturated rings. The molecule has 0 rings (SSSR count). The van der Waals surface area contributed by atoms with Crippen LogP contribution < -0.4 is 5.32 Å². The van der Waals surface area contributed by atoms with Gasteiger partial charge in [0.25, 0.3) is 0 Å². The smallest absolute Gasteiger partial charge is 0.0113 e. The van der Waals surface area contributed by atoms with Crippen molar-refractivity contribution in [1.82, 2.24) is 5.32 Å². The first-order valence-electron chi connectivity index (χ1n) is 4.50. The van der Waals surface area contributed by atoms with Crippen molar-refractivity contribution in [3.8, 4) is 0 Å². The van der Waals surface area contributed by atoms with E-state index in [9.17, 15) is 0 Å². The summed E-state index contributed by atoms with van der Waals surface area (Å²) in [4.78, 5) is 0. The Labute approximate surface area is 76.9 Å². The topological polar surface area (TPSA) is 12.0 Å². The number of hydrogen-bond acceptors (Lipinski definition) is 1. The van der Waals surface area contributed by atoms with Gasteiger partial charge in [-0.05, 0) is 26.1 Å². The van der Waals surface area contributed by atoms with Gasteiger partial charge >= 0.3 is 0 Å². The van der Waals surface area contributed by atoms with Crippen molar-refractivity contribution in [2.45, 2.75) is 27.7 Å². The highest BCUT2D eigenvalue weighted by atomic mass is 14.8. The lowest BCUT2D eigenvalue weighted by molar-refractivity contribution is 0.919. The van der Waals surface area contributed by atoms with Gasteiger partial charge in [0, 0.05) is 6.54 Å². The molecule has 1 nitrogen and oxygen atoms in total. The molecule has 1 heteroatoms. The van der Waals surface area contributed by atoms with Gasteiger partial charge in [-0.25, -0.2) is 0 Å². The summed E-state index contributed by atoms with van der Waals surface area (Å²) >= 11 is 0. The fraction of sp³-hybridized carbons (Fsp3) is 0.455. The SMILES string of the molecule is C=C/C(C)=C\C=C\NCC.CC. The fourth-order valence-electron chi connectivity index (χ4n) is 0.454. The summed E-state index contributed by atoms with van der Waals surface area (Å²) in [7, 11) is 0. The third-order valence-electron chi connectivity index (χ3n) is 1.10. The molecule has 0 aromatic heterocycles. The van der Waals surface area contributed by atoms with Crippen LogP contribution in [-0.2, 0) is 0 Å². The zero-order valence-corrected chi connectivity index (χ0v) is 8.72. The Morgan fingerprint density at radius 2 is 2.00 bits per heavy atom. The van der Waals surface area contributed by atoms with Crippen LogP contribution in [0.25, 0.3) is 0 Å². The Morgan fingerprint density at radius 3 is 2.42 bits per heavy atom. The summed E-state index contributed by atoms with van der Waals surface area (Å²) < 4.78 is 0. The second kappa shape index (κ2) is 12.7. The van der Waals surface area contributed by atoms with Crippen LogP contribution >= 0.6 is 0 Å². The van der Waals surface area contributed by atoms with E-state index in [0.29, 0.717) is 0 Å². The van der Waals surface area contributed by atoms with E-state index in [2.05, 4.69) is 18.8 Å². The summed E-state index contributed by atoms with van der Waals surface area (Å²) in [5, 5.41) is 3.07. The van der Waals surface area contributed by atoms with Crippen molar-refractivity contribution in [3.63, 3.8) is 0 Å². The Kier molecular flexibility index (Phi) is 14.4. The lowest BCUT2D eigenvalue weighted by atomic mass is 10.3. The molecule has 0 bridgehead atoms. The van der Waals surface area contributed by atoms with Crippen LogP contribution in [0.15, 0.2) is 36.6 Å². The van der Waals surface area contributed by atoms with Gasteiger partial charge in [-0.3, -0.25) is 0 Å². The molecule has 0 amide bonds. The predicted octanol–water partition coefficient (Wildman–Crippen LogP) is 3.27. The van der Waals surface area contributed by atoms with Crippen LogP contribution in [0.2, 0.25) is 0 Å². The fourth-order valence-corrected chi connectivity index (χ4v) is 0.454. The van der Waals surface area contributed by atoms with Crippen molar-refractivity contribution in [2.24, 2.45) is 0 Å². The maximum Gasteiger partial charge on any atom is 0.0113 e. The normalized spacial score (nSPS) is 10.5. The van der Waals surface area contributed by atoms with Crippen molar-refractivity contribution in [2.75, 3.05) is 6.54 Å². The van der Waals surface area contributed by atoms with E-state index >= 15 is 0 Å². The molecule has 12 heavy (non-hydrogen) atoms. The zero-order valence-electron chi connectivity index (χ0n) is 8.72. The molecule has 0 radical (unpaired) electrons. The van der Waals surface area contributed by atoms with E-state index in [-0.39, 0.29) is 0 Å². The predicted molar refractivity (Wildman–Crippen MR) is 58.1 cm³/mol. The molecule has 0 aliphatic carbocycles. The first-order valence-corrected chi connectivity index (χ1v) is 4.50. The highest BCUT2D eigenvalue weighted by Gasteiger charge is 1.72. The van der Waals surface area contributed by atoms with Gasteiger partial charge in [-0.2, -0.15) is 0 Å². The largest absolute Gasteiger partial charge is 0.391 e. The van der Waals surface area contributed by atoms with Gasteiger partial charge in [-0.1, -0.05) is 38.2 Å². The first-order chi connectivity index (χ1) is 5.81. The van der Waals surface area contributed by atoms with Crippen LogP contribution in [0, 0.1) is 0 Å². The van der Waals surface area contributed by atoms with Gasteiger partial charge in [0.1, 0.15) is 0 Å². The van der Waals surface area contributed by atoms with Crippen molar-refractivity contribution < 1.29 is 0 Å². The number of hydrogen-bond donors (Lipinski definition) is 1. The quantitative estimate of drug-likeness (QED) is 0.634. The molecule has 0 aliphatic rings. The Hall–Kier alpha value is -0.980. The van der Waals surface area contributed by atoms with Crippen molar-refractivity contribution in [3.05, 3.63) is 36.6 Å². The minimum absolute atomic E-state index is 0.970. The second-order valence-electron chi connectivity index (χ2n) is 2.03. The average Bonchev–Trinajstić information content (AvgIpc) is 2.15. The highest BCUT2D eigenvalue weighted by molar-refractivity contribution is 5.19. The molecule has 0 atom stereocenters. The summed E-state index contributed by atoms with van der Waals surface area (Å²) in [6, 6.07) is 0. The molecular weight excluding hydrogens is 146 g/mol. The third-order valence-corrected chi connectivity index (χ3v) is 1.10. The minimum atomic E-state index is 0.970. The summed E-state index contributed by atoms with van der Waals surface area (Å²) in [5.41, 5.74) is 1.18. The van der Waals surface area contributed by atoms with Crippen LogP contribution in [0.3, 0.4) is 0 Å². The zero-order chi connectivity index (χ0) is 9.82. The van der Waals surface area contributed by atoms with Crippen LogP contribution in [0.4, 0.5) is 0 Å². The average molecular weight is 167 g/mol. The maximum absolute atomic E-state index is 3.64. The maximum atomic E-state index is 3.64. The number of allylic oxidation sites excluding steroid dienone is 4. The molecule has 0 spiro atoms. The molecule has 70 valence electrons. The molecule has 0 unspecified atom stereocenters. The van der Waals surface area contributed by atoms with E-state index in [1.165, 1.54) is 5.57 Å². The molecule has 0 aromatic carbocycles. The molecule has 0 aliphatic heterocycles. The van der Waals surface area contributed by atoms with Gasteiger partial charge in [0.2, 0.25) is 0 Å². The molecule has 1 N–H and O–H groups in total. The molecule has 0 saturated carbocycles. The first kappa shape index (κ1) is 13.6. The third kappa shape index (κ3) is 11.8. The van der Waals surface area contributed by atoms with E-state index in [1.807, 2.05) is 45.2 Å². The summed E-state index contributed by atoms with van der Waals surface area (Å²) in [6.07, 6.45) is 7.74. The highest BCUT2D eigenvalue weighted by Crippen LogP contribution is 1.91. The van der Waals surface area contributed by atoms with Gasteiger partial charge in [0.05, 0.1) is 0 Å². The van der Waals surface area contributed by atoms with E-state index in [4.69, 9.17) is 0 Å². The molecular formula is C11H21N. The summed E-state index contributed by atoms with van der Waals surface area (Å²) in [6.45, 7) is 12.7. The van der Waals surface area contributed by atoms with E-state index in [0.717, 1.165) is 6.54 Å². The Balaban J connectivity index is 0. The van der Waals surface area contributed by atoms with Crippen LogP contribution in [0.5, 0.6) is 0 Å². The van der Waals surface area contributed by atoms with Gasteiger partial charge in [0.15, 0.2) is 0 Å². The lowest BCUT2D eigenvalue weighted by Gasteiger charge is -1.89. The van der Waals surface area contributed by atoms with E-state index in [1.54, 1.807) is 0 Å². The number of nitrogens with one attached hydrogen (secondary N) is 1. The lowest BCUT2D eigenvalue weighted by Crippen LogP contribution is -2.00.